The summed E-state index contributed by atoms with van der Waals surface area (Å²) in [7, 11) is -3.51. The number of nitrogens with zero attached hydrogens (tertiary/aromatic N) is 2. The number of thiazole rings is 1. The number of sulfonamides is 1. The molecule has 3 heterocycles. The summed E-state index contributed by atoms with van der Waals surface area (Å²) in [6.07, 6.45) is 0.483. The number of amides is 1. The molecule has 0 spiro atoms. The first-order valence-electron chi connectivity index (χ1n) is 8.13. The summed E-state index contributed by atoms with van der Waals surface area (Å²) in [4.78, 5) is 17.7. The van der Waals surface area contributed by atoms with E-state index in [0.717, 1.165) is 10.6 Å². The number of para-hydroxylation sites is 2. The van der Waals surface area contributed by atoms with Gasteiger partial charge < -0.3 is 11.1 Å². The molecule has 3 aromatic rings. The average Bonchev–Trinajstić information content (AvgIpc) is 3.33. The molecular weight excluding hydrogens is 404 g/mol. The van der Waals surface area contributed by atoms with Crippen LogP contribution in [-0.4, -0.2) is 30.2 Å². The van der Waals surface area contributed by atoms with Crippen molar-refractivity contribution >= 4 is 50.0 Å². The zero-order valence-corrected chi connectivity index (χ0v) is 16.5. The van der Waals surface area contributed by atoms with Gasteiger partial charge in [0, 0.05) is 17.8 Å². The Bertz CT molecular complexity index is 1090. The molecule has 2 aromatic heterocycles. The van der Waals surface area contributed by atoms with Gasteiger partial charge in [0.15, 0.2) is 5.01 Å². The molecule has 3 N–H and O–H groups in total. The Kier molecular flexibility index (Phi) is 4.72. The minimum absolute atomic E-state index is 0.230. The largest absolute Gasteiger partial charge is 0.397 e. The second-order valence-electron chi connectivity index (χ2n) is 5.95. The molecule has 7 nitrogen and oxygen atoms in total. The number of carbonyl (C=O) groups is 1. The first-order chi connectivity index (χ1) is 12.9. The molecule has 0 atom stereocenters. The van der Waals surface area contributed by atoms with E-state index in [2.05, 4.69) is 10.3 Å². The van der Waals surface area contributed by atoms with Crippen LogP contribution < -0.4 is 11.1 Å². The van der Waals surface area contributed by atoms with Gasteiger partial charge in [-0.1, -0.05) is 18.2 Å². The van der Waals surface area contributed by atoms with Gasteiger partial charge in [0.2, 0.25) is 0 Å². The second kappa shape index (κ2) is 7.04. The Balaban J connectivity index is 1.54. The smallest absolute Gasteiger partial charge is 0.284 e. The van der Waals surface area contributed by atoms with Crippen LogP contribution in [0.4, 0.5) is 11.4 Å². The van der Waals surface area contributed by atoms with E-state index in [1.807, 2.05) is 0 Å². The van der Waals surface area contributed by atoms with Gasteiger partial charge in [-0.3, -0.25) is 4.79 Å². The number of nitrogens with two attached hydrogens (primary N) is 1. The summed E-state index contributed by atoms with van der Waals surface area (Å²) in [5.74, 6) is -0.347. The van der Waals surface area contributed by atoms with Crippen LogP contribution in [0, 0.1) is 0 Å². The molecule has 0 saturated heterocycles. The normalized spacial score (nSPS) is 14.7. The van der Waals surface area contributed by atoms with Crippen molar-refractivity contribution in [1.29, 1.82) is 0 Å². The highest BCUT2D eigenvalue weighted by molar-refractivity contribution is 7.91. The van der Waals surface area contributed by atoms with Gasteiger partial charge >= 0.3 is 0 Å². The van der Waals surface area contributed by atoms with E-state index in [4.69, 9.17) is 5.73 Å². The van der Waals surface area contributed by atoms with Gasteiger partial charge in [0.25, 0.3) is 15.9 Å². The Morgan fingerprint density at radius 1 is 1.22 bits per heavy atom. The third-order valence-corrected chi connectivity index (χ3v) is 8.49. The number of anilines is 2. The molecule has 0 aliphatic carbocycles. The van der Waals surface area contributed by atoms with E-state index in [0.29, 0.717) is 33.6 Å². The van der Waals surface area contributed by atoms with Crippen LogP contribution in [0.5, 0.6) is 0 Å². The average molecular weight is 421 g/mol. The predicted molar refractivity (Wildman–Crippen MR) is 107 cm³/mol. The standard InChI is InChI=1S/C17H16N4O3S3/c18-11-4-1-2-5-12(11)19-16(22)17-20-13-7-8-21(10-14(13)26-17)27(23,24)15-6-3-9-25-15/h1-6,9H,7-8,10,18H2,(H,19,22). The number of nitrogens with one attached hydrogen (secondary N) is 1. The fourth-order valence-electron chi connectivity index (χ4n) is 2.80. The van der Waals surface area contributed by atoms with Gasteiger partial charge in [-0.2, -0.15) is 4.31 Å². The van der Waals surface area contributed by atoms with Crippen molar-refractivity contribution in [2.24, 2.45) is 0 Å². The molecule has 0 unspecified atom stereocenters. The number of thiophene rings is 1. The summed E-state index contributed by atoms with van der Waals surface area (Å²) in [5, 5.41) is 4.80. The van der Waals surface area contributed by atoms with Gasteiger partial charge in [0.05, 0.1) is 23.6 Å². The van der Waals surface area contributed by atoms with Gasteiger partial charge in [0.1, 0.15) is 4.21 Å². The third kappa shape index (κ3) is 3.48. The first-order valence-corrected chi connectivity index (χ1v) is 11.3. The number of hydrogen-bond donors (Lipinski definition) is 2. The van der Waals surface area contributed by atoms with E-state index in [1.165, 1.54) is 27.0 Å². The summed E-state index contributed by atoms with van der Waals surface area (Å²) in [6.45, 7) is 0.581. The maximum absolute atomic E-state index is 12.7. The molecular formula is C17H16N4O3S3. The van der Waals surface area contributed by atoms with E-state index in [1.54, 1.807) is 41.8 Å². The van der Waals surface area contributed by atoms with Crippen LogP contribution in [-0.2, 0) is 23.0 Å². The van der Waals surface area contributed by atoms with Crippen molar-refractivity contribution in [3.8, 4) is 0 Å². The summed E-state index contributed by atoms with van der Waals surface area (Å²) >= 11 is 2.42. The van der Waals surface area contributed by atoms with Crippen LogP contribution in [0.25, 0.3) is 0 Å². The monoisotopic (exact) mass is 420 g/mol. The predicted octanol–water partition coefficient (Wildman–Crippen LogP) is 2.79. The van der Waals surface area contributed by atoms with Crippen molar-refractivity contribution in [3.63, 3.8) is 0 Å². The van der Waals surface area contributed by atoms with E-state index >= 15 is 0 Å². The number of carbonyl (C=O) groups excluding carboxylic acids is 1. The fraction of sp³-hybridized carbons (Fsp3) is 0.176. The van der Waals surface area contributed by atoms with Crippen molar-refractivity contribution in [2.45, 2.75) is 17.2 Å². The van der Waals surface area contributed by atoms with Crippen LogP contribution in [0.2, 0.25) is 0 Å². The highest BCUT2D eigenvalue weighted by Crippen LogP contribution is 2.30. The number of benzene rings is 1. The number of hydrogen-bond acceptors (Lipinski definition) is 7. The van der Waals surface area contributed by atoms with Crippen molar-refractivity contribution in [2.75, 3.05) is 17.6 Å². The highest BCUT2D eigenvalue weighted by atomic mass is 32.2. The van der Waals surface area contributed by atoms with Gasteiger partial charge in [-0.05, 0) is 23.6 Å². The number of nitrogen functional groups attached to an aromatic ring is 1. The molecule has 4 rings (SSSR count). The van der Waals surface area contributed by atoms with Crippen molar-refractivity contribution in [3.05, 3.63) is 57.4 Å². The molecule has 1 amide bonds. The molecule has 0 saturated carbocycles. The second-order valence-corrected chi connectivity index (χ2v) is 10.1. The lowest BCUT2D eigenvalue weighted by Gasteiger charge is -2.24. The third-order valence-electron chi connectivity index (χ3n) is 4.19. The van der Waals surface area contributed by atoms with E-state index < -0.39 is 10.0 Å². The Hall–Kier alpha value is -2.27. The Morgan fingerprint density at radius 3 is 2.78 bits per heavy atom. The van der Waals surface area contributed by atoms with Crippen LogP contribution in [0.15, 0.2) is 46.0 Å². The van der Waals surface area contributed by atoms with Crippen molar-refractivity contribution < 1.29 is 13.2 Å². The first kappa shape index (κ1) is 18.1. The van der Waals surface area contributed by atoms with Crippen LogP contribution >= 0.6 is 22.7 Å². The van der Waals surface area contributed by atoms with Crippen LogP contribution in [0.3, 0.4) is 0 Å². The molecule has 0 bridgehead atoms. The molecule has 27 heavy (non-hydrogen) atoms. The van der Waals surface area contributed by atoms with E-state index in [-0.39, 0.29) is 12.5 Å². The van der Waals surface area contributed by atoms with Gasteiger partial charge in [-0.15, -0.1) is 22.7 Å². The number of fused-ring (bicyclic) bond motifs is 1. The molecule has 1 aromatic carbocycles. The summed E-state index contributed by atoms with van der Waals surface area (Å²) in [6, 6.07) is 10.3. The highest BCUT2D eigenvalue weighted by Gasteiger charge is 2.31. The maximum atomic E-state index is 12.7. The maximum Gasteiger partial charge on any atom is 0.284 e. The molecule has 0 fully saturated rings. The molecule has 1 aliphatic rings. The minimum Gasteiger partial charge on any atom is -0.397 e. The zero-order chi connectivity index (χ0) is 19.0. The van der Waals surface area contributed by atoms with Gasteiger partial charge in [-0.25, -0.2) is 13.4 Å². The molecule has 1 aliphatic heterocycles. The number of aromatic nitrogens is 1. The topological polar surface area (TPSA) is 105 Å². The summed E-state index contributed by atoms with van der Waals surface area (Å²) in [5.41, 5.74) is 7.63. The lowest BCUT2D eigenvalue weighted by Crippen LogP contribution is -2.35. The van der Waals surface area contributed by atoms with Crippen LogP contribution in [0.1, 0.15) is 20.4 Å². The number of rotatable bonds is 4. The lowest BCUT2D eigenvalue weighted by atomic mass is 10.2. The minimum atomic E-state index is -3.51. The zero-order valence-electron chi connectivity index (χ0n) is 14.1. The quantitative estimate of drug-likeness (QED) is 0.632. The molecule has 10 heteroatoms. The summed E-state index contributed by atoms with van der Waals surface area (Å²) < 4.78 is 27.2. The fourth-order valence-corrected chi connectivity index (χ4v) is 6.45. The SMILES string of the molecule is Nc1ccccc1NC(=O)c1nc2c(s1)CN(S(=O)(=O)c1cccs1)CC2. The molecule has 140 valence electrons. The van der Waals surface area contributed by atoms with Crippen molar-refractivity contribution in [1.82, 2.24) is 9.29 Å². The Labute approximate surface area is 164 Å². The Morgan fingerprint density at radius 2 is 2.04 bits per heavy atom. The molecule has 0 radical (unpaired) electrons. The van der Waals surface area contributed by atoms with E-state index in [9.17, 15) is 13.2 Å². The lowest BCUT2D eigenvalue weighted by molar-refractivity contribution is 0.102.